The van der Waals surface area contributed by atoms with Crippen molar-refractivity contribution < 1.29 is 16.8 Å². The van der Waals surface area contributed by atoms with Gasteiger partial charge in [-0.05, 0) is 0 Å². The van der Waals surface area contributed by atoms with Crippen LogP contribution in [0.3, 0.4) is 0 Å². The van der Waals surface area contributed by atoms with Crippen LogP contribution in [0.5, 0.6) is 0 Å². The summed E-state index contributed by atoms with van der Waals surface area (Å²) in [6.45, 7) is 0. The van der Waals surface area contributed by atoms with Gasteiger partial charge in [0, 0.05) is 16.8 Å². The molecule has 0 atom stereocenters. The van der Waals surface area contributed by atoms with Crippen molar-refractivity contribution in [2.24, 2.45) is 0 Å². The van der Waals surface area contributed by atoms with Gasteiger partial charge >= 0.3 is 0 Å². The molecule has 57 valence electrons. The molecule has 0 unspecified atom stereocenters. The number of rotatable bonds is 0. The molecule has 0 aromatic rings. The summed E-state index contributed by atoms with van der Waals surface area (Å²) in [7, 11) is 0. The van der Waals surface area contributed by atoms with E-state index in [0.717, 1.165) is 0 Å². The van der Waals surface area contributed by atoms with Gasteiger partial charge in [0.25, 0.3) is 0 Å². The van der Waals surface area contributed by atoms with Crippen molar-refractivity contribution in [2.75, 3.05) is 0 Å². The topological polar surface area (TPSA) is 202 Å². The molecule has 13 N–H and O–H groups in total. The van der Waals surface area contributed by atoms with Crippen LogP contribution in [0.4, 0.5) is 0 Å². The monoisotopic (exact) mass is 156 g/mol. The molecule has 0 saturated heterocycles. The molecule has 6 nitrogen and oxygen atoms in total. The van der Waals surface area contributed by atoms with E-state index in [1.165, 1.54) is 0 Å². The van der Waals surface area contributed by atoms with Gasteiger partial charge in [0.2, 0.25) is 0 Å². The van der Waals surface area contributed by atoms with Crippen LogP contribution in [-0.2, 0) is 16.8 Å². The Morgan fingerprint density at radius 1 is 0.429 bits per heavy atom. The molecule has 0 saturated carbocycles. The van der Waals surface area contributed by atoms with Gasteiger partial charge in [-0.15, -0.1) is 0 Å². The Morgan fingerprint density at radius 2 is 0.429 bits per heavy atom. The maximum atomic E-state index is 0. The summed E-state index contributed by atoms with van der Waals surface area (Å²) in [5, 5.41) is 0. The summed E-state index contributed by atoms with van der Waals surface area (Å²) >= 11 is 0. The first kappa shape index (κ1) is 4020. The van der Waals surface area contributed by atoms with Crippen molar-refractivity contribution in [2.45, 2.75) is 0 Å². The first-order valence-corrected chi connectivity index (χ1v) is 0. The minimum Gasteiger partial charge on any atom is -0.693 e. The third kappa shape index (κ3) is 1610. The largest absolute Gasteiger partial charge is 0.693 e. The average Bonchev–Trinajstić information content (AvgIpc) is 0. The molecule has 0 aliphatic carbocycles. The first-order valence-electron chi connectivity index (χ1n) is 0. The van der Waals surface area contributed by atoms with Crippen LogP contribution in [0, 0.1) is 0 Å². The molecule has 7 heavy (non-hydrogen) atoms. The smallest absolute Gasteiger partial charge is 0 e. The van der Waals surface area contributed by atoms with Crippen molar-refractivity contribution in [3.8, 4) is 0 Å². The third-order valence-electron chi connectivity index (χ3n) is 0. The maximum Gasteiger partial charge on any atom is 0 e. The van der Waals surface area contributed by atoms with Crippen LogP contribution >= 0.6 is 0 Å². The minimum atomic E-state index is 0. The Hall–Kier alpha value is 0.266. The van der Waals surface area contributed by atoms with E-state index in [1.807, 2.05) is 0 Å². The summed E-state index contributed by atoms with van der Waals surface area (Å²) in [6.07, 6.45) is 0. The number of hydrogen-bond acceptors (Lipinski definition) is 1. The van der Waals surface area contributed by atoms with Gasteiger partial charge in [-0.3, -0.25) is 0 Å². The minimum absolute atomic E-state index is 0. The molecule has 7 heteroatoms. The van der Waals surface area contributed by atoms with Crippen LogP contribution in [0.2, 0.25) is 0 Å². The van der Waals surface area contributed by atoms with E-state index < -0.39 is 0 Å². The van der Waals surface area contributed by atoms with Crippen molar-refractivity contribution in [1.29, 1.82) is 0 Å². The standard InChI is InChI=1S/Co.H3N.5H2N/h;1H3;5*1H2/q;;5*-1. The Bertz CT molecular complexity index is 4.14. The normalized spacial score (nSPS) is 0. The summed E-state index contributed by atoms with van der Waals surface area (Å²) in [5.41, 5.74) is 0. The summed E-state index contributed by atoms with van der Waals surface area (Å²) in [6, 6.07) is 0. The predicted molar refractivity (Wildman–Crippen MR) is 31.4 cm³/mol. The number of hydrogen-bond donors (Lipinski definition) is 1. The summed E-state index contributed by atoms with van der Waals surface area (Å²) < 4.78 is 0. The zero-order chi connectivity index (χ0) is 0. The van der Waals surface area contributed by atoms with Gasteiger partial charge in [0.1, 0.15) is 0 Å². The van der Waals surface area contributed by atoms with Crippen LogP contribution in [0.25, 0.3) is 30.8 Å². The second kappa shape index (κ2) is 2450. The van der Waals surface area contributed by atoms with E-state index in [-0.39, 0.29) is 53.7 Å². The molecule has 0 aliphatic heterocycles. The molecule has 0 rings (SSSR count). The molecule has 0 aliphatic rings. The van der Waals surface area contributed by atoms with E-state index >= 15 is 0 Å². The molecular weight excluding hydrogens is 143 g/mol. The zero-order valence-corrected chi connectivity index (χ0v) is 4.97. The maximum absolute atomic E-state index is 0. The summed E-state index contributed by atoms with van der Waals surface area (Å²) in [4.78, 5) is 0. The summed E-state index contributed by atoms with van der Waals surface area (Å²) in [5.74, 6) is 0. The second-order valence-electron chi connectivity index (χ2n) is 0. The molecule has 1 radical (unpaired) electrons. The van der Waals surface area contributed by atoms with Crippen LogP contribution in [-0.4, -0.2) is 0 Å². The zero-order valence-electron chi connectivity index (χ0n) is 3.93. The first-order chi connectivity index (χ1) is 0. The molecule has 0 bridgehead atoms. The molecule has 0 spiro atoms. The van der Waals surface area contributed by atoms with Gasteiger partial charge in [0.15, 0.2) is 0 Å². The van der Waals surface area contributed by atoms with Gasteiger partial charge in [-0.25, -0.2) is 0 Å². The van der Waals surface area contributed by atoms with Crippen LogP contribution < -0.4 is 6.15 Å². The van der Waals surface area contributed by atoms with Crippen LogP contribution in [0.1, 0.15) is 0 Å². The quantitative estimate of drug-likeness (QED) is 0.546. The molecule has 0 heterocycles. The van der Waals surface area contributed by atoms with Crippen molar-refractivity contribution in [3.63, 3.8) is 0 Å². The van der Waals surface area contributed by atoms with Gasteiger partial charge in [0.05, 0.1) is 0 Å². The molecule has 0 fully saturated rings. The predicted octanol–water partition coefficient (Wildman–Crippen LogP) is 3.74. The third-order valence-corrected chi connectivity index (χ3v) is 0. The van der Waals surface area contributed by atoms with Gasteiger partial charge in [-0.2, -0.15) is 0 Å². The van der Waals surface area contributed by atoms with Crippen molar-refractivity contribution >= 4 is 0 Å². The van der Waals surface area contributed by atoms with Crippen molar-refractivity contribution in [3.05, 3.63) is 30.8 Å². The molecule has 0 aromatic carbocycles. The second-order valence-corrected chi connectivity index (χ2v) is 0. The molecule has 0 aromatic heterocycles. The van der Waals surface area contributed by atoms with Gasteiger partial charge < -0.3 is 36.9 Å². The fraction of sp³-hybridized carbons (Fsp3) is 0. The Balaban J connectivity index is 0. The Morgan fingerprint density at radius 3 is 0.429 bits per heavy atom. The Kier molecular flexibility index (Phi) is 1400000. The van der Waals surface area contributed by atoms with E-state index in [0.29, 0.717) is 0 Å². The van der Waals surface area contributed by atoms with E-state index in [4.69, 9.17) is 0 Å². The SMILES string of the molecule is N.[Co].[NH2-].[NH2-].[NH2-].[NH2-].[NH2-]. The van der Waals surface area contributed by atoms with E-state index in [2.05, 4.69) is 0 Å². The molecular formula is H13CoN6-5. The fourth-order valence-corrected chi connectivity index (χ4v) is 0. The average molecular weight is 156 g/mol. The van der Waals surface area contributed by atoms with Crippen molar-refractivity contribution in [1.82, 2.24) is 6.15 Å². The Labute approximate surface area is 54.5 Å². The van der Waals surface area contributed by atoms with E-state index in [9.17, 15) is 0 Å². The number of nitrogens with two attached hydrogens (primary N) is 5. The van der Waals surface area contributed by atoms with Gasteiger partial charge in [-0.1, -0.05) is 0 Å². The molecule has 0 amide bonds. The van der Waals surface area contributed by atoms with E-state index in [1.54, 1.807) is 0 Å². The van der Waals surface area contributed by atoms with Crippen LogP contribution in [0.15, 0.2) is 0 Å². The fourth-order valence-electron chi connectivity index (χ4n) is 0.